The van der Waals surface area contributed by atoms with Crippen molar-refractivity contribution < 1.29 is 19.1 Å². The molecule has 0 spiro atoms. The average molecular weight is 292 g/mol. The zero-order valence-corrected chi connectivity index (χ0v) is 12.4. The fourth-order valence-electron chi connectivity index (χ4n) is 1.59. The van der Waals surface area contributed by atoms with Crippen molar-refractivity contribution in [3.05, 3.63) is 29.8 Å². The van der Waals surface area contributed by atoms with E-state index >= 15 is 0 Å². The van der Waals surface area contributed by atoms with Gasteiger partial charge in [0.05, 0.1) is 12.2 Å². The van der Waals surface area contributed by atoms with Crippen molar-refractivity contribution in [2.24, 2.45) is 0 Å². The number of carbonyl (C=O) groups excluding carboxylic acids is 3. The minimum absolute atomic E-state index is 0.272. The van der Waals surface area contributed by atoms with Gasteiger partial charge in [-0.25, -0.2) is 4.79 Å². The predicted octanol–water partition coefficient (Wildman–Crippen LogP) is 1.72. The average Bonchev–Trinajstić information content (AvgIpc) is 2.44. The summed E-state index contributed by atoms with van der Waals surface area (Å²) in [5, 5.41) is 5.14. The molecule has 0 radical (unpaired) electrons. The summed E-state index contributed by atoms with van der Waals surface area (Å²) in [7, 11) is 0. The second kappa shape index (κ2) is 8.04. The lowest BCUT2D eigenvalue weighted by atomic mass is 10.2. The van der Waals surface area contributed by atoms with Gasteiger partial charge in [0.1, 0.15) is 6.04 Å². The Morgan fingerprint density at radius 1 is 1.19 bits per heavy atom. The zero-order valence-electron chi connectivity index (χ0n) is 12.4. The Hall–Kier alpha value is -2.37. The summed E-state index contributed by atoms with van der Waals surface area (Å²) < 4.78 is 5.01. The summed E-state index contributed by atoms with van der Waals surface area (Å²) in [5.74, 6) is -0.987. The second-order valence-electron chi connectivity index (χ2n) is 4.62. The predicted molar refractivity (Wildman–Crippen MR) is 78.9 cm³/mol. The summed E-state index contributed by atoms with van der Waals surface area (Å²) in [6, 6.07) is 5.76. The third-order valence-corrected chi connectivity index (χ3v) is 2.64. The van der Waals surface area contributed by atoms with Crippen LogP contribution < -0.4 is 10.6 Å². The van der Waals surface area contributed by atoms with Gasteiger partial charge in [-0.2, -0.15) is 0 Å². The lowest BCUT2D eigenvalue weighted by Crippen LogP contribution is -2.40. The zero-order chi connectivity index (χ0) is 15.8. The van der Waals surface area contributed by atoms with Crippen LogP contribution in [0.1, 0.15) is 37.6 Å². The van der Waals surface area contributed by atoms with Crippen molar-refractivity contribution >= 4 is 23.5 Å². The molecule has 0 fully saturated rings. The minimum atomic E-state index is -0.628. The highest BCUT2D eigenvalue weighted by Gasteiger charge is 2.14. The number of hydrogen-bond acceptors (Lipinski definition) is 4. The van der Waals surface area contributed by atoms with Crippen molar-refractivity contribution in [1.82, 2.24) is 5.32 Å². The van der Waals surface area contributed by atoms with Crippen molar-refractivity contribution in [1.29, 1.82) is 0 Å². The highest BCUT2D eigenvalue weighted by Crippen LogP contribution is 2.11. The first-order valence-corrected chi connectivity index (χ1v) is 6.79. The van der Waals surface area contributed by atoms with Crippen molar-refractivity contribution in [2.75, 3.05) is 11.9 Å². The maximum atomic E-state index is 11.8. The van der Waals surface area contributed by atoms with Gasteiger partial charge in [-0.1, -0.05) is 6.92 Å². The van der Waals surface area contributed by atoms with Crippen LogP contribution in [0.3, 0.4) is 0 Å². The smallest absolute Gasteiger partial charge is 0.338 e. The third kappa shape index (κ3) is 5.64. The van der Waals surface area contributed by atoms with Gasteiger partial charge in [-0.3, -0.25) is 9.59 Å². The van der Waals surface area contributed by atoms with Crippen LogP contribution in [0, 0.1) is 0 Å². The Kier molecular flexibility index (Phi) is 6.39. The minimum Gasteiger partial charge on any atom is -0.462 e. The first kappa shape index (κ1) is 16.7. The van der Waals surface area contributed by atoms with Gasteiger partial charge in [0.25, 0.3) is 0 Å². The molecule has 1 atom stereocenters. The lowest BCUT2D eigenvalue weighted by Gasteiger charge is -2.13. The number of benzene rings is 1. The molecule has 1 rings (SSSR count). The topological polar surface area (TPSA) is 84.5 Å². The Morgan fingerprint density at radius 3 is 2.33 bits per heavy atom. The molecule has 1 aromatic rings. The molecule has 0 heterocycles. The molecular formula is C15H20N2O4. The van der Waals surface area contributed by atoms with Crippen LogP contribution in [0.15, 0.2) is 24.3 Å². The van der Waals surface area contributed by atoms with Gasteiger partial charge in [0.2, 0.25) is 11.8 Å². The number of rotatable bonds is 6. The molecule has 0 aliphatic rings. The van der Waals surface area contributed by atoms with Gasteiger partial charge in [0, 0.05) is 12.6 Å². The molecule has 0 aromatic heterocycles. The molecule has 0 aliphatic heterocycles. The lowest BCUT2D eigenvalue weighted by molar-refractivity contribution is -0.124. The molecule has 0 saturated carbocycles. The van der Waals surface area contributed by atoms with Gasteiger partial charge in [0.15, 0.2) is 0 Å². The van der Waals surface area contributed by atoms with Gasteiger partial charge in [-0.05, 0) is 37.6 Å². The fraction of sp³-hybridized carbons (Fsp3) is 0.400. The van der Waals surface area contributed by atoms with Crippen LogP contribution >= 0.6 is 0 Å². The van der Waals surface area contributed by atoms with E-state index in [0.717, 1.165) is 6.42 Å². The van der Waals surface area contributed by atoms with E-state index in [4.69, 9.17) is 4.74 Å². The van der Waals surface area contributed by atoms with Crippen LogP contribution in [0.4, 0.5) is 5.69 Å². The molecule has 0 bridgehead atoms. The van der Waals surface area contributed by atoms with Crippen molar-refractivity contribution in [3.8, 4) is 0 Å². The van der Waals surface area contributed by atoms with E-state index in [1.54, 1.807) is 31.2 Å². The third-order valence-electron chi connectivity index (χ3n) is 2.64. The molecule has 6 heteroatoms. The standard InChI is InChI=1S/C15H20N2O4/c1-4-9-21-15(20)12-5-7-13(8-6-12)17-14(19)10(2)16-11(3)18/h5-8,10H,4,9H2,1-3H3,(H,16,18)(H,17,19). The van der Waals surface area contributed by atoms with E-state index < -0.39 is 6.04 Å². The molecular weight excluding hydrogens is 272 g/mol. The molecule has 1 unspecified atom stereocenters. The van der Waals surface area contributed by atoms with Crippen molar-refractivity contribution in [2.45, 2.75) is 33.2 Å². The molecule has 2 N–H and O–H groups in total. The first-order valence-electron chi connectivity index (χ1n) is 6.79. The fourth-order valence-corrected chi connectivity index (χ4v) is 1.59. The van der Waals surface area contributed by atoms with E-state index in [2.05, 4.69) is 10.6 Å². The van der Waals surface area contributed by atoms with E-state index in [-0.39, 0.29) is 17.8 Å². The molecule has 21 heavy (non-hydrogen) atoms. The Morgan fingerprint density at radius 2 is 1.81 bits per heavy atom. The highest BCUT2D eigenvalue weighted by molar-refractivity contribution is 5.97. The molecule has 2 amide bonds. The van der Waals surface area contributed by atoms with E-state index in [1.165, 1.54) is 6.92 Å². The second-order valence-corrected chi connectivity index (χ2v) is 4.62. The Balaban J connectivity index is 2.60. The SMILES string of the molecule is CCCOC(=O)c1ccc(NC(=O)C(C)NC(C)=O)cc1. The van der Waals surface area contributed by atoms with Crippen molar-refractivity contribution in [3.63, 3.8) is 0 Å². The molecule has 6 nitrogen and oxygen atoms in total. The molecule has 114 valence electrons. The van der Waals surface area contributed by atoms with Crippen LogP contribution in [0.25, 0.3) is 0 Å². The highest BCUT2D eigenvalue weighted by atomic mass is 16.5. The Labute approximate surface area is 123 Å². The van der Waals surface area contributed by atoms with Crippen LogP contribution in [-0.2, 0) is 14.3 Å². The quantitative estimate of drug-likeness (QED) is 0.782. The summed E-state index contributed by atoms with van der Waals surface area (Å²) in [6.45, 7) is 5.24. The maximum absolute atomic E-state index is 11.8. The molecule has 0 aliphatic carbocycles. The van der Waals surface area contributed by atoms with Crippen LogP contribution in [0.2, 0.25) is 0 Å². The summed E-state index contributed by atoms with van der Waals surface area (Å²) in [5.41, 5.74) is 0.973. The Bertz CT molecular complexity index is 511. The maximum Gasteiger partial charge on any atom is 0.338 e. The molecule has 1 aromatic carbocycles. The number of ether oxygens (including phenoxy) is 1. The number of amides is 2. The number of esters is 1. The normalized spacial score (nSPS) is 11.4. The van der Waals surface area contributed by atoms with E-state index in [1.807, 2.05) is 6.92 Å². The van der Waals surface area contributed by atoms with E-state index in [0.29, 0.717) is 17.9 Å². The molecule has 0 saturated heterocycles. The van der Waals surface area contributed by atoms with Gasteiger partial charge >= 0.3 is 5.97 Å². The largest absolute Gasteiger partial charge is 0.462 e. The van der Waals surface area contributed by atoms with Gasteiger partial charge < -0.3 is 15.4 Å². The van der Waals surface area contributed by atoms with Crippen LogP contribution in [-0.4, -0.2) is 30.4 Å². The summed E-state index contributed by atoms with van der Waals surface area (Å²) in [6.07, 6.45) is 0.765. The number of nitrogens with one attached hydrogen (secondary N) is 2. The number of anilines is 1. The van der Waals surface area contributed by atoms with E-state index in [9.17, 15) is 14.4 Å². The van der Waals surface area contributed by atoms with Crippen LogP contribution in [0.5, 0.6) is 0 Å². The first-order chi connectivity index (χ1) is 9.93. The number of hydrogen-bond donors (Lipinski definition) is 2. The summed E-state index contributed by atoms with van der Waals surface area (Å²) >= 11 is 0. The van der Waals surface area contributed by atoms with Gasteiger partial charge in [-0.15, -0.1) is 0 Å². The number of carbonyl (C=O) groups is 3. The summed E-state index contributed by atoms with van der Waals surface area (Å²) in [4.78, 5) is 34.3. The monoisotopic (exact) mass is 292 g/mol.